The molecule has 1 aromatic heterocycles. The number of fused-ring (bicyclic) bond motifs is 1. The highest BCUT2D eigenvalue weighted by atomic mass is 19.1. The van der Waals surface area contributed by atoms with Gasteiger partial charge in [-0.25, -0.2) is 9.18 Å². The maximum Gasteiger partial charge on any atom is 0.511 e. The molecule has 2 aliphatic heterocycles. The van der Waals surface area contributed by atoms with Crippen LogP contribution in [0.15, 0.2) is 28.7 Å². The lowest BCUT2D eigenvalue weighted by atomic mass is 9.86. The highest BCUT2D eigenvalue weighted by Crippen LogP contribution is 2.45. The Labute approximate surface area is 171 Å². The van der Waals surface area contributed by atoms with Gasteiger partial charge in [0, 0.05) is 25.0 Å². The SMILES string of the molecule is C[C@H]1COc2c(N3CC4=CCCC(N)C4C3)c(F)cc3c(=O)c(OC(=O)O)cn1c23. The summed E-state index contributed by atoms with van der Waals surface area (Å²) in [5.74, 6) is -0.465. The van der Waals surface area contributed by atoms with Crippen molar-refractivity contribution in [1.82, 2.24) is 4.57 Å². The zero-order valence-corrected chi connectivity index (χ0v) is 16.4. The molecule has 1 fully saturated rings. The van der Waals surface area contributed by atoms with Crippen LogP contribution in [0.3, 0.4) is 0 Å². The first-order valence-electron chi connectivity index (χ1n) is 9.99. The predicted octanol–water partition coefficient (Wildman–Crippen LogP) is 2.63. The molecule has 3 atom stereocenters. The first-order chi connectivity index (χ1) is 14.3. The summed E-state index contributed by atoms with van der Waals surface area (Å²) in [7, 11) is 0. The van der Waals surface area contributed by atoms with Gasteiger partial charge in [0.2, 0.25) is 5.43 Å². The van der Waals surface area contributed by atoms with E-state index in [1.165, 1.54) is 11.8 Å². The largest absolute Gasteiger partial charge is 0.511 e. The third-order valence-corrected chi connectivity index (χ3v) is 6.31. The monoisotopic (exact) mass is 415 g/mol. The maximum absolute atomic E-state index is 15.3. The summed E-state index contributed by atoms with van der Waals surface area (Å²) in [4.78, 5) is 25.7. The van der Waals surface area contributed by atoms with Crippen LogP contribution in [-0.4, -0.2) is 41.6 Å². The molecule has 1 saturated heterocycles. The van der Waals surface area contributed by atoms with Crippen molar-refractivity contribution in [2.45, 2.75) is 31.8 Å². The van der Waals surface area contributed by atoms with Gasteiger partial charge in [0.15, 0.2) is 17.3 Å². The van der Waals surface area contributed by atoms with Gasteiger partial charge < -0.3 is 29.8 Å². The summed E-state index contributed by atoms with van der Waals surface area (Å²) in [5, 5.41) is 8.97. The van der Waals surface area contributed by atoms with Gasteiger partial charge in [-0.1, -0.05) is 6.08 Å². The van der Waals surface area contributed by atoms with Crippen LogP contribution in [-0.2, 0) is 0 Å². The number of nitrogens with zero attached hydrogens (tertiary/aromatic N) is 2. The van der Waals surface area contributed by atoms with E-state index in [2.05, 4.69) is 10.8 Å². The van der Waals surface area contributed by atoms with Crippen molar-refractivity contribution >= 4 is 22.7 Å². The standard InChI is InChI=1S/C21H22FN3O5/c1-10-9-29-20-17-12(19(26)16(8-25(10)17)30-21(27)28)5-14(22)18(20)24-6-11-3-2-4-15(23)13(11)7-24/h3,5,8,10,13,15H,2,4,6-7,9,23H2,1H3,(H,27,28)/t10-,13?,15?/m0/s1. The van der Waals surface area contributed by atoms with Gasteiger partial charge in [-0.3, -0.25) is 4.79 Å². The first-order valence-corrected chi connectivity index (χ1v) is 9.99. The molecule has 0 amide bonds. The Bertz CT molecular complexity index is 1160. The van der Waals surface area contributed by atoms with E-state index >= 15 is 4.39 Å². The van der Waals surface area contributed by atoms with Gasteiger partial charge >= 0.3 is 6.16 Å². The number of hydrogen-bond acceptors (Lipinski definition) is 6. The van der Waals surface area contributed by atoms with E-state index in [4.69, 9.17) is 15.6 Å². The zero-order valence-electron chi connectivity index (χ0n) is 16.4. The van der Waals surface area contributed by atoms with Crippen molar-refractivity contribution in [2.75, 3.05) is 24.6 Å². The number of benzene rings is 1. The molecule has 2 aromatic rings. The van der Waals surface area contributed by atoms with Crippen LogP contribution in [0, 0.1) is 11.7 Å². The Morgan fingerprint density at radius 2 is 2.23 bits per heavy atom. The van der Waals surface area contributed by atoms with Crippen LogP contribution in [0.1, 0.15) is 25.8 Å². The van der Waals surface area contributed by atoms with Gasteiger partial charge in [-0.15, -0.1) is 0 Å². The molecule has 2 unspecified atom stereocenters. The van der Waals surface area contributed by atoms with E-state index in [1.54, 1.807) is 4.57 Å². The molecule has 0 saturated carbocycles. The van der Waals surface area contributed by atoms with Gasteiger partial charge in [0.25, 0.3) is 0 Å². The van der Waals surface area contributed by atoms with Crippen LogP contribution in [0.5, 0.6) is 11.5 Å². The van der Waals surface area contributed by atoms with E-state index in [-0.39, 0.29) is 35.7 Å². The van der Waals surface area contributed by atoms with Crippen LogP contribution in [0.25, 0.3) is 10.9 Å². The Balaban J connectivity index is 1.70. The normalized spacial score (nSPS) is 25.0. The van der Waals surface area contributed by atoms with Crippen molar-refractivity contribution in [3.8, 4) is 11.5 Å². The van der Waals surface area contributed by atoms with Gasteiger partial charge in [0.1, 0.15) is 12.3 Å². The van der Waals surface area contributed by atoms with Crippen LogP contribution < -0.4 is 25.5 Å². The fraction of sp³-hybridized carbons (Fsp3) is 0.429. The van der Waals surface area contributed by atoms with E-state index in [0.717, 1.165) is 18.9 Å². The van der Waals surface area contributed by atoms with Crippen molar-refractivity contribution in [2.24, 2.45) is 11.7 Å². The summed E-state index contributed by atoms with van der Waals surface area (Å²) in [6.45, 7) is 3.28. The molecule has 1 aliphatic carbocycles. The molecule has 3 N–H and O–H groups in total. The molecule has 30 heavy (non-hydrogen) atoms. The fourth-order valence-electron chi connectivity index (χ4n) is 4.86. The van der Waals surface area contributed by atoms with E-state index in [1.807, 2.05) is 11.8 Å². The van der Waals surface area contributed by atoms with Crippen LogP contribution >= 0.6 is 0 Å². The molecular weight excluding hydrogens is 393 g/mol. The number of allylic oxidation sites excluding steroid dienone is 1. The minimum atomic E-state index is -1.60. The van der Waals surface area contributed by atoms with Crippen LogP contribution in [0.2, 0.25) is 0 Å². The van der Waals surface area contributed by atoms with E-state index in [9.17, 15) is 9.59 Å². The average Bonchev–Trinajstić information content (AvgIpc) is 3.12. The lowest BCUT2D eigenvalue weighted by Gasteiger charge is -2.31. The van der Waals surface area contributed by atoms with Crippen molar-refractivity contribution in [3.63, 3.8) is 0 Å². The highest BCUT2D eigenvalue weighted by Gasteiger charge is 2.37. The predicted molar refractivity (Wildman–Crippen MR) is 108 cm³/mol. The van der Waals surface area contributed by atoms with Gasteiger partial charge in [-0.05, 0) is 31.4 Å². The van der Waals surface area contributed by atoms with Crippen molar-refractivity contribution < 1.29 is 23.8 Å². The number of carboxylic acid groups (broad SMARTS) is 1. The summed E-state index contributed by atoms with van der Waals surface area (Å²) >= 11 is 0. The Hall–Kier alpha value is -3.07. The smallest absolute Gasteiger partial charge is 0.487 e. The quantitative estimate of drug-likeness (QED) is 0.574. The molecule has 1 aromatic carbocycles. The van der Waals surface area contributed by atoms with E-state index < -0.39 is 17.4 Å². The number of hydrogen-bond donors (Lipinski definition) is 2. The minimum Gasteiger partial charge on any atom is -0.487 e. The number of halogens is 1. The molecule has 0 spiro atoms. The lowest BCUT2D eigenvalue weighted by Crippen LogP contribution is -2.35. The van der Waals surface area contributed by atoms with Crippen molar-refractivity contribution in [3.05, 3.63) is 40.0 Å². The summed E-state index contributed by atoms with van der Waals surface area (Å²) in [5.41, 5.74) is 7.58. The fourth-order valence-corrected chi connectivity index (χ4v) is 4.86. The summed E-state index contributed by atoms with van der Waals surface area (Å²) < 4.78 is 27.7. The molecule has 8 nitrogen and oxygen atoms in total. The molecule has 3 aliphatic rings. The maximum atomic E-state index is 15.3. The van der Waals surface area contributed by atoms with E-state index in [0.29, 0.717) is 30.0 Å². The van der Waals surface area contributed by atoms with Crippen LogP contribution in [0.4, 0.5) is 14.9 Å². The molecule has 9 heteroatoms. The zero-order chi connectivity index (χ0) is 21.2. The average molecular weight is 415 g/mol. The minimum absolute atomic E-state index is 0.0316. The third kappa shape index (κ3) is 2.76. The summed E-state index contributed by atoms with van der Waals surface area (Å²) in [6.07, 6.45) is 3.79. The molecule has 0 radical (unpaired) electrons. The Kier molecular flexibility index (Phi) is 4.25. The first kappa shape index (κ1) is 18.9. The number of nitrogens with two attached hydrogens (primary N) is 1. The Morgan fingerprint density at radius 1 is 1.43 bits per heavy atom. The number of ether oxygens (including phenoxy) is 2. The van der Waals surface area contributed by atoms with Gasteiger partial charge in [-0.2, -0.15) is 0 Å². The molecule has 158 valence electrons. The number of aromatic nitrogens is 1. The lowest BCUT2D eigenvalue weighted by molar-refractivity contribution is 0.143. The second-order valence-electron chi connectivity index (χ2n) is 8.20. The Morgan fingerprint density at radius 3 is 2.97 bits per heavy atom. The highest BCUT2D eigenvalue weighted by molar-refractivity contribution is 5.93. The van der Waals surface area contributed by atoms with Gasteiger partial charge in [0.05, 0.1) is 23.1 Å². The number of pyridine rings is 1. The summed E-state index contributed by atoms with van der Waals surface area (Å²) in [6, 6.07) is 1.01. The second kappa shape index (κ2) is 6.73. The number of anilines is 1. The topological polar surface area (TPSA) is 107 Å². The third-order valence-electron chi connectivity index (χ3n) is 6.31. The molecule has 3 heterocycles. The number of carbonyl (C=O) groups is 1. The molecule has 5 rings (SSSR count). The molecular formula is C21H22FN3O5. The van der Waals surface area contributed by atoms with Crippen molar-refractivity contribution in [1.29, 1.82) is 0 Å². The number of rotatable bonds is 2. The molecule has 0 bridgehead atoms. The second-order valence-corrected chi connectivity index (χ2v) is 8.20.